The fourth-order valence-corrected chi connectivity index (χ4v) is 3.17. The number of aromatic nitrogens is 2. The van der Waals surface area contributed by atoms with Gasteiger partial charge in [-0.15, -0.1) is 0 Å². The molecule has 0 aliphatic heterocycles. The molecular formula is C16H23N3. The molecule has 2 aromatic rings. The molecule has 1 aromatic carbocycles. The molecule has 1 aliphatic rings. The van der Waals surface area contributed by atoms with E-state index in [0.29, 0.717) is 0 Å². The van der Waals surface area contributed by atoms with Crippen molar-refractivity contribution in [2.45, 2.75) is 38.5 Å². The summed E-state index contributed by atoms with van der Waals surface area (Å²) in [6.07, 6.45) is 8.42. The molecule has 3 heteroatoms. The van der Waals surface area contributed by atoms with Crippen molar-refractivity contribution in [2.24, 2.45) is 13.0 Å². The van der Waals surface area contributed by atoms with E-state index in [2.05, 4.69) is 40.1 Å². The Morgan fingerprint density at radius 2 is 2.00 bits per heavy atom. The highest BCUT2D eigenvalue weighted by atomic mass is 15.2. The number of anilines is 1. The lowest BCUT2D eigenvalue weighted by Crippen LogP contribution is -2.13. The molecule has 1 N–H and O–H groups in total. The molecule has 1 fully saturated rings. The normalized spacial score (nSPS) is 16.9. The molecule has 1 heterocycles. The molecule has 0 saturated heterocycles. The smallest absolute Gasteiger partial charge is 0.203 e. The highest BCUT2D eigenvalue weighted by Gasteiger charge is 2.13. The lowest BCUT2D eigenvalue weighted by atomic mass is 9.87. The largest absolute Gasteiger partial charge is 0.356 e. The van der Waals surface area contributed by atoms with Gasteiger partial charge in [0.2, 0.25) is 5.95 Å². The van der Waals surface area contributed by atoms with Gasteiger partial charge in [-0.25, -0.2) is 4.98 Å². The number of nitrogens with zero attached hydrogens (tertiary/aromatic N) is 2. The van der Waals surface area contributed by atoms with E-state index in [1.807, 2.05) is 6.07 Å². The van der Waals surface area contributed by atoms with Crippen LogP contribution in [0.2, 0.25) is 0 Å². The highest BCUT2D eigenvalue weighted by molar-refractivity contribution is 5.78. The number of nitrogens with one attached hydrogen (secondary N) is 1. The van der Waals surface area contributed by atoms with Gasteiger partial charge in [-0.3, -0.25) is 0 Å². The van der Waals surface area contributed by atoms with Crippen molar-refractivity contribution < 1.29 is 0 Å². The summed E-state index contributed by atoms with van der Waals surface area (Å²) < 4.78 is 2.15. The number of imidazole rings is 1. The Kier molecular flexibility index (Phi) is 3.72. The van der Waals surface area contributed by atoms with Gasteiger partial charge in [0.05, 0.1) is 11.0 Å². The summed E-state index contributed by atoms with van der Waals surface area (Å²) in [5, 5.41) is 3.50. The molecule has 19 heavy (non-hydrogen) atoms. The van der Waals surface area contributed by atoms with Crippen molar-refractivity contribution in [1.82, 2.24) is 9.55 Å². The summed E-state index contributed by atoms with van der Waals surface area (Å²) in [7, 11) is 2.08. The van der Waals surface area contributed by atoms with Crippen LogP contribution in [0, 0.1) is 5.92 Å². The van der Waals surface area contributed by atoms with Gasteiger partial charge in [-0.1, -0.05) is 44.2 Å². The Bertz CT molecular complexity index is 538. The predicted molar refractivity (Wildman–Crippen MR) is 80.4 cm³/mol. The molecule has 0 unspecified atom stereocenters. The SMILES string of the molecule is Cn1c(NCCC2CCCCC2)nc2ccccc21. The van der Waals surface area contributed by atoms with Gasteiger partial charge in [0, 0.05) is 13.6 Å². The molecular weight excluding hydrogens is 234 g/mol. The topological polar surface area (TPSA) is 29.9 Å². The first kappa shape index (κ1) is 12.5. The maximum atomic E-state index is 4.65. The van der Waals surface area contributed by atoms with Crippen molar-refractivity contribution >= 4 is 17.0 Å². The minimum absolute atomic E-state index is 0.927. The summed E-state index contributed by atoms with van der Waals surface area (Å²) in [6, 6.07) is 8.30. The number of aryl methyl sites for hydroxylation is 1. The van der Waals surface area contributed by atoms with E-state index in [1.54, 1.807) is 0 Å². The van der Waals surface area contributed by atoms with E-state index in [-0.39, 0.29) is 0 Å². The number of benzene rings is 1. The van der Waals surface area contributed by atoms with E-state index in [9.17, 15) is 0 Å². The average Bonchev–Trinajstić information content (AvgIpc) is 2.78. The number of hydrogen-bond acceptors (Lipinski definition) is 2. The Morgan fingerprint density at radius 3 is 2.79 bits per heavy atom. The van der Waals surface area contributed by atoms with E-state index in [0.717, 1.165) is 23.9 Å². The Labute approximate surface area is 115 Å². The Morgan fingerprint density at radius 1 is 1.21 bits per heavy atom. The molecule has 102 valence electrons. The number of para-hydroxylation sites is 2. The van der Waals surface area contributed by atoms with Crippen LogP contribution in [0.5, 0.6) is 0 Å². The third kappa shape index (κ3) is 2.75. The molecule has 3 nitrogen and oxygen atoms in total. The molecule has 1 aliphatic carbocycles. The first-order valence-corrected chi connectivity index (χ1v) is 7.50. The second-order valence-corrected chi connectivity index (χ2v) is 5.70. The molecule has 0 radical (unpaired) electrons. The van der Waals surface area contributed by atoms with Crippen LogP contribution in [-0.2, 0) is 7.05 Å². The standard InChI is InChI=1S/C16H23N3/c1-19-15-10-6-5-9-14(15)18-16(19)17-12-11-13-7-3-2-4-8-13/h5-6,9-10,13H,2-4,7-8,11-12H2,1H3,(H,17,18). The molecule has 3 rings (SSSR count). The summed E-state index contributed by atoms with van der Waals surface area (Å²) in [5.41, 5.74) is 2.27. The van der Waals surface area contributed by atoms with Gasteiger partial charge >= 0.3 is 0 Å². The van der Waals surface area contributed by atoms with Crippen LogP contribution < -0.4 is 5.32 Å². The van der Waals surface area contributed by atoms with Crippen molar-refractivity contribution in [1.29, 1.82) is 0 Å². The highest BCUT2D eigenvalue weighted by Crippen LogP contribution is 2.26. The fraction of sp³-hybridized carbons (Fsp3) is 0.562. The summed E-state index contributed by atoms with van der Waals surface area (Å²) in [6.45, 7) is 1.04. The van der Waals surface area contributed by atoms with E-state index >= 15 is 0 Å². The minimum Gasteiger partial charge on any atom is -0.356 e. The maximum Gasteiger partial charge on any atom is 0.203 e. The quantitative estimate of drug-likeness (QED) is 0.898. The Balaban J connectivity index is 1.60. The van der Waals surface area contributed by atoms with Crippen LogP contribution in [-0.4, -0.2) is 16.1 Å². The van der Waals surface area contributed by atoms with Gasteiger partial charge in [0.1, 0.15) is 0 Å². The van der Waals surface area contributed by atoms with Crippen LogP contribution in [0.25, 0.3) is 11.0 Å². The van der Waals surface area contributed by atoms with Crippen molar-refractivity contribution in [3.8, 4) is 0 Å². The predicted octanol–water partition coefficient (Wildman–Crippen LogP) is 3.96. The molecule has 0 bridgehead atoms. The van der Waals surface area contributed by atoms with Crippen molar-refractivity contribution in [3.63, 3.8) is 0 Å². The lowest BCUT2D eigenvalue weighted by molar-refractivity contribution is 0.345. The zero-order valence-corrected chi connectivity index (χ0v) is 11.7. The number of hydrogen-bond donors (Lipinski definition) is 1. The molecule has 0 atom stereocenters. The zero-order chi connectivity index (χ0) is 13.1. The zero-order valence-electron chi connectivity index (χ0n) is 11.7. The maximum absolute atomic E-state index is 4.65. The van der Waals surface area contributed by atoms with Gasteiger partial charge < -0.3 is 9.88 Å². The summed E-state index contributed by atoms with van der Waals surface area (Å²) in [4.78, 5) is 4.65. The second-order valence-electron chi connectivity index (χ2n) is 5.70. The van der Waals surface area contributed by atoms with Gasteiger partial charge in [-0.2, -0.15) is 0 Å². The third-order valence-corrected chi connectivity index (χ3v) is 4.35. The monoisotopic (exact) mass is 257 g/mol. The number of fused-ring (bicyclic) bond motifs is 1. The molecule has 1 aromatic heterocycles. The van der Waals surface area contributed by atoms with Crippen molar-refractivity contribution in [3.05, 3.63) is 24.3 Å². The van der Waals surface area contributed by atoms with Crippen molar-refractivity contribution in [2.75, 3.05) is 11.9 Å². The van der Waals surface area contributed by atoms with E-state index < -0.39 is 0 Å². The minimum atomic E-state index is 0.927. The number of rotatable bonds is 4. The summed E-state index contributed by atoms with van der Waals surface area (Å²) >= 11 is 0. The van der Waals surface area contributed by atoms with Crippen LogP contribution in [0.1, 0.15) is 38.5 Å². The van der Waals surface area contributed by atoms with Gasteiger partial charge in [0.25, 0.3) is 0 Å². The Hall–Kier alpha value is -1.51. The van der Waals surface area contributed by atoms with Crippen LogP contribution in [0.4, 0.5) is 5.95 Å². The molecule has 0 spiro atoms. The first-order valence-electron chi connectivity index (χ1n) is 7.50. The van der Waals surface area contributed by atoms with Crippen LogP contribution in [0.15, 0.2) is 24.3 Å². The van der Waals surface area contributed by atoms with E-state index in [1.165, 1.54) is 44.0 Å². The first-order chi connectivity index (χ1) is 9.34. The van der Waals surface area contributed by atoms with Crippen LogP contribution in [0.3, 0.4) is 0 Å². The average molecular weight is 257 g/mol. The molecule has 1 saturated carbocycles. The second kappa shape index (κ2) is 5.64. The molecule has 0 amide bonds. The third-order valence-electron chi connectivity index (χ3n) is 4.35. The van der Waals surface area contributed by atoms with Crippen LogP contribution >= 0.6 is 0 Å². The van der Waals surface area contributed by atoms with Gasteiger partial charge in [0.15, 0.2) is 0 Å². The fourth-order valence-electron chi connectivity index (χ4n) is 3.17. The lowest BCUT2D eigenvalue weighted by Gasteiger charge is -2.21. The van der Waals surface area contributed by atoms with E-state index in [4.69, 9.17) is 0 Å². The van der Waals surface area contributed by atoms with Gasteiger partial charge in [-0.05, 0) is 24.5 Å². The summed E-state index contributed by atoms with van der Waals surface area (Å²) in [5.74, 6) is 1.92.